The first kappa shape index (κ1) is 9.85. The second-order valence-corrected chi connectivity index (χ2v) is 3.50. The van der Waals surface area contributed by atoms with E-state index in [0.717, 1.165) is 5.69 Å². The molecule has 0 saturated carbocycles. The smallest absolute Gasteiger partial charge is 0.324 e. The standard InChI is InChI=1S/C9H13N5O/c1-7(2)11-3-8-4-15-9(13-8)14-6-10-5-12-14/h4-7,11H,3H2,1-2H3. The summed E-state index contributed by atoms with van der Waals surface area (Å²) in [5, 5.41) is 7.18. The van der Waals surface area contributed by atoms with Crippen LogP contribution in [-0.2, 0) is 6.54 Å². The Labute approximate surface area is 87.3 Å². The molecule has 0 aromatic carbocycles. The molecule has 0 unspecified atom stereocenters. The maximum absolute atomic E-state index is 5.25. The highest BCUT2D eigenvalue weighted by atomic mass is 16.4. The van der Waals surface area contributed by atoms with E-state index in [0.29, 0.717) is 18.6 Å². The lowest BCUT2D eigenvalue weighted by Gasteiger charge is -2.03. The Hall–Kier alpha value is -1.69. The summed E-state index contributed by atoms with van der Waals surface area (Å²) in [6, 6.07) is 0.865. The molecule has 0 amide bonds. The van der Waals surface area contributed by atoms with E-state index in [1.807, 2.05) is 0 Å². The topological polar surface area (TPSA) is 68.8 Å². The van der Waals surface area contributed by atoms with Gasteiger partial charge in [0, 0.05) is 12.6 Å². The second-order valence-electron chi connectivity index (χ2n) is 3.50. The van der Waals surface area contributed by atoms with E-state index in [1.165, 1.54) is 11.0 Å². The first-order chi connectivity index (χ1) is 7.25. The van der Waals surface area contributed by atoms with Crippen molar-refractivity contribution in [2.45, 2.75) is 26.4 Å². The highest BCUT2D eigenvalue weighted by molar-refractivity contribution is 5.07. The van der Waals surface area contributed by atoms with E-state index in [2.05, 4.69) is 34.2 Å². The zero-order chi connectivity index (χ0) is 10.7. The molecule has 0 fully saturated rings. The zero-order valence-corrected chi connectivity index (χ0v) is 8.71. The largest absolute Gasteiger partial charge is 0.430 e. The lowest BCUT2D eigenvalue weighted by molar-refractivity contribution is 0.508. The van der Waals surface area contributed by atoms with Crippen LogP contribution in [0.2, 0.25) is 0 Å². The van der Waals surface area contributed by atoms with Crippen molar-refractivity contribution in [2.24, 2.45) is 0 Å². The van der Waals surface area contributed by atoms with Gasteiger partial charge < -0.3 is 9.73 Å². The first-order valence-electron chi connectivity index (χ1n) is 4.78. The lowest BCUT2D eigenvalue weighted by Crippen LogP contribution is -2.21. The fraction of sp³-hybridized carbons (Fsp3) is 0.444. The number of nitrogens with zero attached hydrogens (tertiary/aromatic N) is 4. The maximum atomic E-state index is 5.25. The minimum Gasteiger partial charge on any atom is -0.430 e. The normalized spacial score (nSPS) is 11.1. The summed E-state index contributed by atoms with van der Waals surface area (Å²) in [5.74, 6) is 0. The number of hydrogen-bond donors (Lipinski definition) is 1. The minimum atomic E-state index is 0.427. The molecule has 2 aromatic rings. The molecule has 15 heavy (non-hydrogen) atoms. The highest BCUT2D eigenvalue weighted by Crippen LogP contribution is 2.05. The third-order valence-electron chi connectivity index (χ3n) is 1.85. The molecule has 2 rings (SSSR count). The fourth-order valence-electron chi connectivity index (χ4n) is 1.10. The van der Waals surface area contributed by atoms with E-state index < -0.39 is 0 Å². The van der Waals surface area contributed by atoms with Gasteiger partial charge in [-0.25, -0.2) is 4.98 Å². The Balaban J connectivity index is 2.04. The number of aromatic nitrogens is 4. The van der Waals surface area contributed by atoms with Crippen LogP contribution < -0.4 is 5.32 Å². The fourth-order valence-corrected chi connectivity index (χ4v) is 1.10. The molecule has 0 saturated heterocycles. The number of hydrogen-bond acceptors (Lipinski definition) is 5. The van der Waals surface area contributed by atoms with Crippen LogP contribution in [0.25, 0.3) is 6.01 Å². The molecule has 0 spiro atoms. The van der Waals surface area contributed by atoms with Crippen molar-refractivity contribution in [1.29, 1.82) is 0 Å². The van der Waals surface area contributed by atoms with Crippen molar-refractivity contribution in [1.82, 2.24) is 25.1 Å². The van der Waals surface area contributed by atoms with Crippen LogP contribution in [0.15, 0.2) is 23.3 Å². The Morgan fingerprint density at radius 1 is 1.53 bits per heavy atom. The molecule has 2 aromatic heterocycles. The summed E-state index contributed by atoms with van der Waals surface area (Å²) in [6.07, 6.45) is 4.61. The van der Waals surface area contributed by atoms with Gasteiger partial charge in [0.1, 0.15) is 18.9 Å². The predicted molar refractivity (Wildman–Crippen MR) is 53.4 cm³/mol. The van der Waals surface area contributed by atoms with Crippen molar-refractivity contribution in [2.75, 3.05) is 0 Å². The summed E-state index contributed by atoms with van der Waals surface area (Å²) >= 11 is 0. The van der Waals surface area contributed by atoms with Crippen molar-refractivity contribution >= 4 is 0 Å². The van der Waals surface area contributed by atoms with E-state index in [4.69, 9.17) is 4.42 Å². The van der Waals surface area contributed by atoms with E-state index in [9.17, 15) is 0 Å². The summed E-state index contributed by atoms with van der Waals surface area (Å²) in [6.45, 7) is 4.85. The number of nitrogens with one attached hydrogen (secondary N) is 1. The van der Waals surface area contributed by atoms with Gasteiger partial charge in [0.05, 0.1) is 5.69 Å². The average molecular weight is 207 g/mol. The molecular weight excluding hydrogens is 194 g/mol. The quantitative estimate of drug-likeness (QED) is 0.801. The summed E-state index contributed by atoms with van der Waals surface area (Å²) in [4.78, 5) is 8.07. The van der Waals surface area contributed by atoms with Gasteiger partial charge >= 0.3 is 6.01 Å². The van der Waals surface area contributed by atoms with E-state index >= 15 is 0 Å². The van der Waals surface area contributed by atoms with Crippen LogP contribution in [0.5, 0.6) is 0 Å². The van der Waals surface area contributed by atoms with Gasteiger partial charge in [0.2, 0.25) is 0 Å². The van der Waals surface area contributed by atoms with Crippen LogP contribution in [-0.4, -0.2) is 25.8 Å². The minimum absolute atomic E-state index is 0.427. The SMILES string of the molecule is CC(C)NCc1coc(-n2cncn2)n1. The van der Waals surface area contributed by atoms with Gasteiger partial charge in [-0.05, 0) is 0 Å². The van der Waals surface area contributed by atoms with Crippen molar-refractivity contribution in [3.63, 3.8) is 0 Å². The van der Waals surface area contributed by atoms with E-state index in [-0.39, 0.29) is 0 Å². The van der Waals surface area contributed by atoms with Gasteiger partial charge in [-0.15, -0.1) is 0 Å². The van der Waals surface area contributed by atoms with Gasteiger partial charge in [-0.2, -0.15) is 14.8 Å². The lowest BCUT2D eigenvalue weighted by atomic mass is 10.4. The highest BCUT2D eigenvalue weighted by Gasteiger charge is 2.06. The van der Waals surface area contributed by atoms with Crippen LogP contribution in [0.4, 0.5) is 0 Å². The summed E-state index contributed by atoms with van der Waals surface area (Å²) < 4.78 is 6.74. The molecule has 0 aliphatic carbocycles. The van der Waals surface area contributed by atoms with Crippen molar-refractivity contribution in [3.05, 3.63) is 24.6 Å². The third kappa shape index (κ3) is 2.41. The second kappa shape index (κ2) is 4.22. The Morgan fingerprint density at radius 3 is 3.07 bits per heavy atom. The molecule has 6 nitrogen and oxygen atoms in total. The van der Waals surface area contributed by atoms with Crippen molar-refractivity contribution < 1.29 is 4.42 Å². The van der Waals surface area contributed by atoms with Gasteiger partial charge in [0.25, 0.3) is 0 Å². The van der Waals surface area contributed by atoms with Gasteiger partial charge in [0.15, 0.2) is 0 Å². The molecule has 0 aliphatic rings. The average Bonchev–Trinajstić information content (AvgIpc) is 2.85. The molecule has 0 bridgehead atoms. The van der Waals surface area contributed by atoms with Gasteiger partial charge in [-0.3, -0.25) is 0 Å². The van der Waals surface area contributed by atoms with Crippen LogP contribution >= 0.6 is 0 Å². The molecular formula is C9H13N5O. The van der Waals surface area contributed by atoms with Crippen LogP contribution in [0, 0.1) is 0 Å². The zero-order valence-electron chi connectivity index (χ0n) is 8.71. The van der Waals surface area contributed by atoms with E-state index in [1.54, 1.807) is 12.6 Å². The number of oxazole rings is 1. The molecule has 2 heterocycles. The number of rotatable bonds is 4. The Kier molecular flexibility index (Phi) is 2.77. The Bertz CT molecular complexity index is 406. The summed E-state index contributed by atoms with van der Waals surface area (Å²) in [7, 11) is 0. The van der Waals surface area contributed by atoms with Gasteiger partial charge in [-0.1, -0.05) is 13.8 Å². The molecule has 6 heteroatoms. The van der Waals surface area contributed by atoms with Crippen LogP contribution in [0.3, 0.4) is 0 Å². The van der Waals surface area contributed by atoms with Crippen LogP contribution in [0.1, 0.15) is 19.5 Å². The summed E-state index contributed by atoms with van der Waals surface area (Å²) in [5.41, 5.74) is 0.856. The predicted octanol–water partition coefficient (Wildman–Crippen LogP) is 0.753. The first-order valence-corrected chi connectivity index (χ1v) is 4.78. The Morgan fingerprint density at radius 2 is 2.40 bits per heavy atom. The molecule has 1 N–H and O–H groups in total. The molecule has 80 valence electrons. The van der Waals surface area contributed by atoms with Crippen molar-refractivity contribution in [3.8, 4) is 6.01 Å². The molecule has 0 aliphatic heterocycles. The monoisotopic (exact) mass is 207 g/mol. The third-order valence-corrected chi connectivity index (χ3v) is 1.85. The molecule has 0 radical (unpaired) electrons. The maximum Gasteiger partial charge on any atom is 0.324 e. The molecule has 0 atom stereocenters.